The normalized spacial score (nSPS) is 13.1. The molecule has 3 nitrogen and oxygen atoms in total. The average molecular weight is 249 g/mol. The van der Waals surface area contributed by atoms with Gasteiger partial charge in [0.1, 0.15) is 0 Å². The molecule has 1 aliphatic carbocycles. The Morgan fingerprint density at radius 1 is 1.11 bits per heavy atom. The molecular weight excluding hydrogens is 222 g/mol. The van der Waals surface area contributed by atoms with Gasteiger partial charge >= 0.3 is 0 Å². The van der Waals surface area contributed by atoms with Crippen LogP contribution in [-0.4, -0.2) is 13.6 Å². The van der Waals surface area contributed by atoms with Crippen LogP contribution in [0.5, 0.6) is 0 Å². The van der Waals surface area contributed by atoms with Gasteiger partial charge in [-0.25, -0.2) is 0 Å². The summed E-state index contributed by atoms with van der Waals surface area (Å²) in [6.07, 6.45) is 4.81. The number of rotatable bonds is 3. The van der Waals surface area contributed by atoms with Crippen molar-refractivity contribution in [2.45, 2.75) is 46.5 Å². The minimum Gasteiger partial charge on any atom is -0.397 e. The highest BCUT2D eigenvalue weighted by molar-refractivity contribution is 5.79. The average Bonchev–Trinajstić information content (AvgIpc) is 2.44. The zero-order valence-electron chi connectivity index (χ0n) is 12.2. The van der Waals surface area contributed by atoms with Crippen LogP contribution in [0.3, 0.4) is 0 Å². The summed E-state index contributed by atoms with van der Waals surface area (Å²) in [5, 5.41) is 6.62. The predicted molar refractivity (Wildman–Crippen MR) is 82.6 cm³/mol. The van der Waals surface area contributed by atoms with Gasteiger partial charge in [0.05, 0.1) is 11.4 Å². The van der Waals surface area contributed by atoms with Crippen molar-refractivity contribution in [2.24, 2.45) is 0 Å². The van der Waals surface area contributed by atoms with Gasteiger partial charge in [0.15, 0.2) is 0 Å². The molecule has 0 saturated heterocycles. The summed E-state index contributed by atoms with van der Waals surface area (Å²) in [6, 6.07) is 2.14. The maximum absolute atomic E-state index is 6.22. The molecule has 18 heavy (non-hydrogen) atoms. The van der Waals surface area contributed by atoms with Crippen molar-refractivity contribution in [3.63, 3.8) is 0 Å². The van der Waals surface area contributed by atoms with E-state index in [1.807, 2.05) is 20.9 Å². The van der Waals surface area contributed by atoms with E-state index in [2.05, 4.69) is 23.6 Å². The lowest BCUT2D eigenvalue weighted by Gasteiger charge is -2.23. The number of fused-ring (bicyclic) bond motifs is 1. The molecule has 0 heterocycles. The quantitative estimate of drug-likeness (QED) is 0.717. The molecule has 0 spiro atoms. The van der Waals surface area contributed by atoms with Gasteiger partial charge in [0.2, 0.25) is 0 Å². The van der Waals surface area contributed by atoms with Crippen LogP contribution in [0, 0.1) is 0 Å². The summed E-state index contributed by atoms with van der Waals surface area (Å²) in [7, 11) is 1.98. The molecule has 0 bridgehead atoms. The van der Waals surface area contributed by atoms with Gasteiger partial charge < -0.3 is 16.4 Å². The van der Waals surface area contributed by atoms with E-state index in [4.69, 9.17) is 5.73 Å². The van der Waals surface area contributed by atoms with Gasteiger partial charge in [0.25, 0.3) is 0 Å². The van der Waals surface area contributed by atoms with E-state index in [-0.39, 0.29) is 0 Å². The van der Waals surface area contributed by atoms with Crippen LogP contribution in [0.4, 0.5) is 17.1 Å². The van der Waals surface area contributed by atoms with Crippen LogP contribution >= 0.6 is 0 Å². The predicted octanol–water partition coefficient (Wildman–Crippen LogP) is 3.65. The Bertz CT molecular complexity index is 386. The van der Waals surface area contributed by atoms with E-state index in [1.165, 1.54) is 29.7 Å². The molecule has 0 saturated carbocycles. The van der Waals surface area contributed by atoms with Crippen LogP contribution in [0.25, 0.3) is 0 Å². The number of hydrogen-bond donors (Lipinski definition) is 3. The molecule has 0 aliphatic heterocycles. The van der Waals surface area contributed by atoms with Crippen molar-refractivity contribution in [3.05, 3.63) is 17.2 Å². The third-order valence-electron chi connectivity index (χ3n) is 3.33. The first-order chi connectivity index (χ1) is 8.77. The van der Waals surface area contributed by atoms with Crippen molar-refractivity contribution in [2.75, 3.05) is 30.0 Å². The molecule has 0 amide bonds. The number of nitrogen functional groups attached to an aromatic ring is 1. The van der Waals surface area contributed by atoms with Crippen LogP contribution in [0.15, 0.2) is 6.07 Å². The van der Waals surface area contributed by atoms with Gasteiger partial charge in [-0.1, -0.05) is 13.8 Å². The highest BCUT2D eigenvalue weighted by Gasteiger charge is 2.18. The molecular formula is C15H27N3. The smallest absolute Gasteiger partial charge is 0.0597 e. The summed E-state index contributed by atoms with van der Waals surface area (Å²) in [4.78, 5) is 0. The number of nitrogens with one attached hydrogen (secondary N) is 2. The maximum atomic E-state index is 6.22. The molecule has 0 unspecified atom stereocenters. The van der Waals surface area contributed by atoms with E-state index in [9.17, 15) is 0 Å². The van der Waals surface area contributed by atoms with Crippen LogP contribution in [0.2, 0.25) is 0 Å². The monoisotopic (exact) mass is 249 g/mol. The van der Waals surface area contributed by atoms with Crippen LogP contribution < -0.4 is 16.4 Å². The standard InChI is InChI=1S/C13H21N3.C2H6/c1-3-16-12-8-11(15-2)9-6-4-5-7-10(9)13(12)14;1-2/h8,15-16H,3-7,14H2,1-2H3;1-2H3. The van der Waals surface area contributed by atoms with Crippen LogP contribution in [0.1, 0.15) is 44.7 Å². The molecule has 0 aromatic heterocycles. The minimum absolute atomic E-state index is 0.909. The molecule has 2 rings (SSSR count). The fourth-order valence-electron chi connectivity index (χ4n) is 2.53. The van der Waals surface area contributed by atoms with Gasteiger partial charge in [-0.3, -0.25) is 0 Å². The first kappa shape index (κ1) is 14.7. The van der Waals surface area contributed by atoms with E-state index < -0.39 is 0 Å². The molecule has 1 aromatic rings. The summed E-state index contributed by atoms with van der Waals surface area (Å²) >= 11 is 0. The Kier molecular flexibility index (Phi) is 5.83. The molecule has 102 valence electrons. The molecule has 0 radical (unpaired) electrons. The van der Waals surface area contributed by atoms with Gasteiger partial charge in [0, 0.05) is 19.3 Å². The van der Waals surface area contributed by atoms with Gasteiger partial charge in [-0.2, -0.15) is 0 Å². The van der Waals surface area contributed by atoms with E-state index in [0.29, 0.717) is 0 Å². The summed E-state index contributed by atoms with van der Waals surface area (Å²) in [5.74, 6) is 0. The summed E-state index contributed by atoms with van der Waals surface area (Å²) in [5.41, 5.74) is 12.3. The lowest BCUT2D eigenvalue weighted by molar-refractivity contribution is 0.688. The van der Waals surface area contributed by atoms with Gasteiger partial charge in [-0.15, -0.1) is 0 Å². The fraction of sp³-hybridized carbons (Fsp3) is 0.600. The highest BCUT2D eigenvalue weighted by Crippen LogP contribution is 2.37. The number of nitrogens with two attached hydrogens (primary N) is 1. The van der Waals surface area contributed by atoms with Crippen molar-refractivity contribution in [1.82, 2.24) is 0 Å². The maximum Gasteiger partial charge on any atom is 0.0597 e. The molecule has 0 fully saturated rings. The second-order valence-electron chi connectivity index (χ2n) is 4.33. The Labute approximate surface area is 111 Å². The second-order valence-corrected chi connectivity index (χ2v) is 4.33. The Hall–Kier alpha value is -1.38. The molecule has 3 heteroatoms. The molecule has 4 N–H and O–H groups in total. The number of anilines is 3. The van der Waals surface area contributed by atoms with E-state index in [1.54, 1.807) is 0 Å². The van der Waals surface area contributed by atoms with E-state index >= 15 is 0 Å². The van der Waals surface area contributed by atoms with Crippen molar-refractivity contribution in [1.29, 1.82) is 0 Å². The van der Waals surface area contributed by atoms with Crippen molar-refractivity contribution < 1.29 is 0 Å². The lowest BCUT2D eigenvalue weighted by atomic mass is 9.88. The summed E-state index contributed by atoms with van der Waals surface area (Å²) in [6.45, 7) is 7.00. The van der Waals surface area contributed by atoms with Crippen molar-refractivity contribution in [3.8, 4) is 0 Å². The molecule has 0 atom stereocenters. The first-order valence-corrected chi connectivity index (χ1v) is 7.13. The first-order valence-electron chi connectivity index (χ1n) is 7.13. The summed E-state index contributed by atoms with van der Waals surface area (Å²) < 4.78 is 0. The Morgan fingerprint density at radius 3 is 2.28 bits per heavy atom. The van der Waals surface area contributed by atoms with E-state index in [0.717, 1.165) is 30.8 Å². The number of hydrogen-bond acceptors (Lipinski definition) is 3. The van der Waals surface area contributed by atoms with Crippen LogP contribution in [-0.2, 0) is 12.8 Å². The zero-order chi connectivity index (χ0) is 13.5. The second kappa shape index (κ2) is 7.14. The fourth-order valence-corrected chi connectivity index (χ4v) is 2.53. The molecule has 1 aromatic carbocycles. The third kappa shape index (κ3) is 2.89. The largest absolute Gasteiger partial charge is 0.397 e. The Balaban J connectivity index is 0.000000771. The highest BCUT2D eigenvalue weighted by atomic mass is 14.9. The third-order valence-corrected chi connectivity index (χ3v) is 3.33. The topological polar surface area (TPSA) is 50.1 Å². The zero-order valence-corrected chi connectivity index (χ0v) is 12.2. The minimum atomic E-state index is 0.909. The number of benzene rings is 1. The molecule has 1 aliphatic rings. The van der Waals surface area contributed by atoms with Crippen molar-refractivity contribution >= 4 is 17.1 Å². The SMILES string of the molecule is CC.CCNc1cc(NC)c2c(c1N)CCCC2. The Morgan fingerprint density at radius 2 is 1.72 bits per heavy atom. The van der Waals surface area contributed by atoms with Gasteiger partial charge in [-0.05, 0) is 49.8 Å². The lowest BCUT2D eigenvalue weighted by Crippen LogP contribution is -2.12.